The molecule has 16 heavy (non-hydrogen) atoms. The van der Waals surface area contributed by atoms with Crippen LogP contribution in [-0.4, -0.2) is 16.0 Å². The molecule has 0 unspecified atom stereocenters. The lowest BCUT2D eigenvalue weighted by Gasteiger charge is -2.07. The van der Waals surface area contributed by atoms with Crippen LogP contribution in [0.25, 0.3) is 10.9 Å². The van der Waals surface area contributed by atoms with Gasteiger partial charge >= 0.3 is 6.18 Å². The van der Waals surface area contributed by atoms with Crippen LogP contribution in [0.15, 0.2) is 22.8 Å². The Bertz CT molecular complexity index is 532. The van der Waals surface area contributed by atoms with E-state index in [1.165, 1.54) is 12.3 Å². The van der Waals surface area contributed by atoms with E-state index in [9.17, 15) is 17.6 Å². The minimum Gasteiger partial charge on any atom is -0.256 e. The predicted octanol–water partition coefficient (Wildman–Crippen LogP) is 3.50. The molecule has 0 aliphatic heterocycles. The third-order valence-electron chi connectivity index (χ3n) is 2.01. The summed E-state index contributed by atoms with van der Waals surface area (Å²) in [7, 11) is 0. The summed E-state index contributed by atoms with van der Waals surface area (Å²) in [6.45, 7) is -1.22. The normalized spacial score (nSPS) is 12.3. The quantitative estimate of drug-likeness (QED) is 0.737. The second-order valence-corrected chi connectivity index (χ2v) is 4.10. The molecule has 0 bridgehead atoms. The molecule has 0 saturated heterocycles. The van der Waals surface area contributed by atoms with Crippen molar-refractivity contribution in [3.05, 3.63) is 28.6 Å². The molecule has 1 aromatic carbocycles. The van der Waals surface area contributed by atoms with Crippen LogP contribution in [0.3, 0.4) is 0 Å². The molecule has 1 aromatic heterocycles. The van der Waals surface area contributed by atoms with E-state index in [1.54, 1.807) is 0 Å². The highest BCUT2D eigenvalue weighted by Crippen LogP contribution is 2.25. The van der Waals surface area contributed by atoms with Crippen molar-refractivity contribution in [1.82, 2.24) is 9.78 Å². The summed E-state index contributed by atoms with van der Waals surface area (Å²) in [5, 5.41) is 4.03. The number of fused-ring (bicyclic) bond motifs is 1. The van der Waals surface area contributed by atoms with Gasteiger partial charge in [-0.05, 0) is 22.0 Å². The van der Waals surface area contributed by atoms with Crippen LogP contribution >= 0.6 is 15.9 Å². The van der Waals surface area contributed by atoms with Crippen molar-refractivity contribution in [2.75, 3.05) is 0 Å². The molecule has 2 aromatic rings. The Labute approximate surface area is 96.0 Å². The Morgan fingerprint density at radius 1 is 1.31 bits per heavy atom. The van der Waals surface area contributed by atoms with Crippen molar-refractivity contribution in [3.63, 3.8) is 0 Å². The third kappa shape index (κ3) is 2.18. The monoisotopic (exact) mass is 296 g/mol. The van der Waals surface area contributed by atoms with Crippen LogP contribution < -0.4 is 0 Å². The number of aromatic nitrogens is 2. The summed E-state index contributed by atoms with van der Waals surface area (Å²) in [6, 6.07) is 2.42. The minimum absolute atomic E-state index is 0.123. The molecule has 86 valence electrons. The molecule has 0 N–H and O–H groups in total. The lowest BCUT2D eigenvalue weighted by atomic mass is 10.2. The van der Waals surface area contributed by atoms with Gasteiger partial charge in [0.1, 0.15) is 12.4 Å². The van der Waals surface area contributed by atoms with Gasteiger partial charge in [0.05, 0.1) is 16.2 Å². The first-order valence-corrected chi connectivity index (χ1v) is 5.03. The van der Waals surface area contributed by atoms with Gasteiger partial charge in [0.25, 0.3) is 0 Å². The number of benzene rings is 1. The third-order valence-corrected chi connectivity index (χ3v) is 2.62. The van der Waals surface area contributed by atoms with Crippen LogP contribution in [0.2, 0.25) is 0 Å². The summed E-state index contributed by atoms with van der Waals surface area (Å²) in [6.07, 6.45) is -3.10. The molecule has 2 rings (SSSR count). The lowest BCUT2D eigenvalue weighted by molar-refractivity contribution is -0.141. The second-order valence-electron chi connectivity index (χ2n) is 3.24. The van der Waals surface area contributed by atoms with Crippen molar-refractivity contribution in [2.45, 2.75) is 12.7 Å². The number of hydrogen-bond donors (Lipinski definition) is 0. The second kappa shape index (κ2) is 3.73. The van der Waals surface area contributed by atoms with E-state index < -0.39 is 18.5 Å². The van der Waals surface area contributed by atoms with Crippen LogP contribution in [0.4, 0.5) is 17.6 Å². The van der Waals surface area contributed by atoms with Crippen LogP contribution in [0.5, 0.6) is 0 Å². The smallest absolute Gasteiger partial charge is 0.256 e. The number of hydrogen-bond acceptors (Lipinski definition) is 1. The fourth-order valence-electron chi connectivity index (χ4n) is 1.37. The summed E-state index contributed by atoms with van der Waals surface area (Å²) >= 11 is 2.95. The fourth-order valence-corrected chi connectivity index (χ4v) is 1.73. The highest BCUT2D eigenvalue weighted by molar-refractivity contribution is 9.10. The highest BCUT2D eigenvalue weighted by Gasteiger charge is 2.29. The highest BCUT2D eigenvalue weighted by atomic mass is 79.9. The van der Waals surface area contributed by atoms with Gasteiger partial charge in [-0.15, -0.1) is 0 Å². The molecule has 2 nitrogen and oxygen atoms in total. The van der Waals surface area contributed by atoms with Gasteiger partial charge in [0.15, 0.2) is 0 Å². The molecule has 0 amide bonds. The molecular weight excluding hydrogens is 292 g/mol. The first-order chi connectivity index (χ1) is 7.37. The summed E-state index contributed by atoms with van der Waals surface area (Å²) < 4.78 is 50.6. The van der Waals surface area contributed by atoms with Gasteiger partial charge in [0.2, 0.25) is 0 Å². The Balaban J connectivity index is 2.52. The van der Waals surface area contributed by atoms with Crippen molar-refractivity contribution < 1.29 is 17.6 Å². The van der Waals surface area contributed by atoms with Crippen LogP contribution in [0, 0.1) is 5.82 Å². The molecule has 0 fully saturated rings. The van der Waals surface area contributed by atoms with E-state index in [1.807, 2.05) is 0 Å². The van der Waals surface area contributed by atoms with E-state index >= 15 is 0 Å². The molecule has 0 saturated carbocycles. The van der Waals surface area contributed by atoms with E-state index in [0.29, 0.717) is 5.39 Å². The number of halogens is 5. The molecule has 0 aliphatic carbocycles. The maximum Gasteiger partial charge on any atom is 0.408 e. The summed E-state index contributed by atoms with van der Waals surface area (Å²) in [4.78, 5) is 0. The summed E-state index contributed by atoms with van der Waals surface area (Å²) in [5.41, 5.74) is 0.123. The van der Waals surface area contributed by atoms with Gasteiger partial charge in [-0.2, -0.15) is 18.3 Å². The Hall–Kier alpha value is -1.11. The van der Waals surface area contributed by atoms with Crippen LogP contribution in [-0.2, 0) is 6.54 Å². The maximum atomic E-state index is 13.2. The van der Waals surface area contributed by atoms with Crippen LogP contribution in [0.1, 0.15) is 0 Å². The van der Waals surface area contributed by atoms with Crippen molar-refractivity contribution in [2.24, 2.45) is 0 Å². The zero-order valence-electron chi connectivity index (χ0n) is 7.72. The van der Waals surface area contributed by atoms with Gasteiger partial charge in [-0.3, -0.25) is 4.68 Å². The number of alkyl halides is 3. The van der Waals surface area contributed by atoms with Crippen molar-refractivity contribution >= 4 is 26.8 Å². The van der Waals surface area contributed by atoms with Gasteiger partial charge in [0, 0.05) is 11.5 Å². The molecule has 0 radical (unpaired) electrons. The first kappa shape index (κ1) is 11.4. The fraction of sp³-hybridized carbons (Fsp3) is 0.222. The van der Waals surface area contributed by atoms with E-state index in [4.69, 9.17) is 0 Å². The molecule has 7 heteroatoms. The molecule has 0 spiro atoms. The Kier molecular flexibility index (Phi) is 2.65. The van der Waals surface area contributed by atoms with E-state index in [2.05, 4.69) is 21.0 Å². The zero-order chi connectivity index (χ0) is 11.9. The van der Waals surface area contributed by atoms with Gasteiger partial charge in [-0.25, -0.2) is 4.39 Å². The lowest BCUT2D eigenvalue weighted by Crippen LogP contribution is -2.18. The number of nitrogens with zero attached hydrogens (tertiary/aromatic N) is 2. The first-order valence-electron chi connectivity index (χ1n) is 4.24. The molecular formula is C9H5BrF4N2. The Morgan fingerprint density at radius 3 is 2.62 bits per heavy atom. The van der Waals surface area contributed by atoms with E-state index in [-0.39, 0.29) is 9.99 Å². The van der Waals surface area contributed by atoms with Crippen molar-refractivity contribution in [3.8, 4) is 0 Å². The number of rotatable bonds is 1. The topological polar surface area (TPSA) is 17.8 Å². The standard InChI is InChI=1S/C9H5BrF4N2/c10-6-1-5-3-15-16(4-9(12,13)14)8(5)2-7(6)11/h1-3H,4H2. The average Bonchev–Trinajstić information content (AvgIpc) is 2.47. The zero-order valence-corrected chi connectivity index (χ0v) is 9.31. The molecule has 0 aliphatic rings. The van der Waals surface area contributed by atoms with E-state index in [0.717, 1.165) is 10.7 Å². The van der Waals surface area contributed by atoms with Gasteiger partial charge < -0.3 is 0 Å². The molecule has 0 atom stereocenters. The largest absolute Gasteiger partial charge is 0.408 e. The minimum atomic E-state index is -4.37. The summed E-state index contributed by atoms with van der Waals surface area (Å²) in [5.74, 6) is -0.614. The predicted molar refractivity (Wildman–Crippen MR) is 53.4 cm³/mol. The van der Waals surface area contributed by atoms with Gasteiger partial charge in [-0.1, -0.05) is 0 Å². The SMILES string of the molecule is Fc1cc2c(cnn2CC(F)(F)F)cc1Br. The Morgan fingerprint density at radius 2 is 2.00 bits per heavy atom. The molecule has 1 heterocycles. The maximum absolute atomic E-state index is 13.2. The average molecular weight is 297 g/mol. The van der Waals surface area contributed by atoms with Crippen molar-refractivity contribution in [1.29, 1.82) is 0 Å².